The molecule has 1 aliphatic heterocycles. The number of methoxy groups -OCH3 is 1. The van der Waals surface area contributed by atoms with E-state index >= 15 is 0 Å². The average Bonchev–Trinajstić information content (AvgIpc) is 3.47. The van der Waals surface area contributed by atoms with Gasteiger partial charge in [0.2, 0.25) is 5.91 Å². The maximum Gasteiger partial charge on any atom is 0.262 e. The minimum absolute atomic E-state index is 0.303. The van der Waals surface area contributed by atoms with Crippen molar-refractivity contribution in [3.8, 4) is 17.2 Å². The number of carbonyl (C=O) groups excluding carboxylic acids is 3. The summed E-state index contributed by atoms with van der Waals surface area (Å²) in [4.78, 5) is 42.6. The molecule has 3 heterocycles. The lowest BCUT2D eigenvalue weighted by atomic mass is 10.1. The number of furan rings is 1. The molecule has 1 N–H and O–H groups in total. The van der Waals surface area contributed by atoms with Gasteiger partial charge in [-0.15, -0.1) is 11.3 Å². The van der Waals surface area contributed by atoms with Crippen molar-refractivity contribution in [2.75, 3.05) is 19.0 Å². The first-order valence-electron chi connectivity index (χ1n) is 9.32. The fourth-order valence-corrected chi connectivity index (χ4v) is 4.17. The first-order chi connectivity index (χ1) is 15.0. The second-order valence-corrected chi connectivity index (χ2v) is 7.68. The van der Waals surface area contributed by atoms with E-state index in [0.717, 1.165) is 10.3 Å². The standard InChI is InChI=1S/C22H15N3O5S/c1-29-16-8-4-5-12-9-17(30-19(12)16)15-11-31-22(23-15)24-18(26)10-25-20(27)13-6-2-3-7-14(13)21(25)28/h2-9,11H,10H2,1H3,(H,23,24,26). The maximum absolute atomic E-state index is 12.5. The number of nitrogens with zero attached hydrogens (tertiary/aromatic N) is 2. The Morgan fingerprint density at radius 3 is 2.58 bits per heavy atom. The van der Waals surface area contributed by atoms with Crippen molar-refractivity contribution >= 4 is 45.2 Å². The lowest BCUT2D eigenvalue weighted by Crippen LogP contribution is -2.37. The SMILES string of the molecule is COc1cccc2cc(-c3csc(NC(=O)CN4C(=O)c5ccccc5C4=O)n3)oc12. The highest BCUT2D eigenvalue weighted by Crippen LogP contribution is 2.34. The van der Waals surface area contributed by atoms with Gasteiger partial charge in [-0.05, 0) is 24.3 Å². The quantitative estimate of drug-likeness (QED) is 0.481. The smallest absolute Gasteiger partial charge is 0.262 e. The van der Waals surface area contributed by atoms with Gasteiger partial charge in [0.05, 0.1) is 18.2 Å². The van der Waals surface area contributed by atoms with E-state index in [0.29, 0.717) is 39.0 Å². The van der Waals surface area contributed by atoms with Crippen LogP contribution in [-0.4, -0.2) is 41.3 Å². The van der Waals surface area contributed by atoms with Gasteiger partial charge in [0.15, 0.2) is 22.2 Å². The van der Waals surface area contributed by atoms with Crippen LogP contribution >= 0.6 is 11.3 Å². The molecule has 4 aromatic rings. The van der Waals surface area contributed by atoms with Crippen LogP contribution in [0.5, 0.6) is 5.75 Å². The maximum atomic E-state index is 12.5. The second kappa shape index (κ2) is 7.37. The number of fused-ring (bicyclic) bond motifs is 2. The molecule has 0 spiro atoms. The van der Waals surface area contributed by atoms with Crippen molar-refractivity contribution in [2.45, 2.75) is 0 Å². The number of hydrogen-bond donors (Lipinski definition) is 1. The van der Waals surface area contributed by atoms with E-state index in [-0.39, 0.29) is 6.54 Å². The normalized spacial score (nSPS) is 13.0. The number of aromatic nitrogens is 1. The van der Waals surface area contributed by atoms with Gasteiger partial charge in [-0.2, -0.15) is 0 Å². The molecule has 0 atom stereocenters. The van der Waals surface area contributed by atoms with Crippen molar-refractivity contribution < 1.29 is 23.5 Å². The molecule has 2 aromatic carbocycles. The number of imide groups is 1. The highest BCUT2D eigenvalue weighted by molar-refractivity contribution is 7.14. The molecule has 3 amide bonds. The number of benzene rings is 2. The number of thiazole rings is 1. The third-order valence-electron chi connectivity index (χ3n) is 4.91. The summed E-state index contributed by atoms with van der Waals surface area (Å²) < 4.78 is 11.2. The van der Waals surface area contributed by atoms with Crippen LogP contribution in [0.1, 0.15) is 20.7 Å². The van der Waals surface area contributed by atoms with Gasteiger partial charge in [-0.25, -0.2) is 4.98 Å². The predicted octanol–water partition coefficient (Wildman–Crippen LogP) is 3.80. The molecule has 0 radical (unpaired) electrons. The third-order valence-corrected chi connectivity index (χ3v) is 5.67. The molecule has 0 fully saturated rings. The molecule has 0 saturated heterocycles. The number of anilines is 1. The third kappa shape index (κ3) is 3.24. The van der Waals surface area contributed by atoms with Gasteiger partial charge in [0.25, 0.3) is 11.8 Å². The van der Waals surface area contributed by atoms with Crippen molar-refractivity contribution in [2.24, 2.45) is 0 Å². The highest BCUT2D eigenvalue weighted by atomic mass is 32.1. The average molecular weight is 433 g/mol. The van der Waals surface area contributed by atoms with E-state index in [1.807, 2.05) is 24.3 Å². The van der Waals surface area contributed by atoms with Crippen LogP contribution in [0.25, 0.3) is 22.4 Å². The number of nitrogens with one attached hydrogen (secondary N) is 1. The van der Waals surface area contributed by atoms with E-state index in [2.05, 4.69) is 10.3 Å². The summed E-state index contributed by atoms with van der Waals surface area (Å²) in [5, 5.41) is 5.60. The zero-order chi connectivity index (χ0) is 21.5. The van der Waals surface area contributed by atoms with Crippen molar-refractivity contribution in [1.82, 2.24) is 9.88 Å². The topological polar surface area (TPSA) is 102 Å². The molecule has 31 heavy (non-hydrogen) atoms. The van der Waals surface area contributed by atoms with E-state index < -0.39 is 17.7 Å². The van der Waals surface area contributed by atoms with E-state index in [4.69, 9.17) is 9.15 Å². The summed E-state index contributed by atoms with van der Waals surface area (Å²) >= 11 is 1.22. The van der Waals surface area contributed by atoms with Crippen LogP contribution in [0, 0.1) is 0 Å². The molecular weight excluding hydrogens is 418 g/mol. The van der Waals surface area contributed by atoms with Crippen LogP contribution in [0.4, 0.5) is 5.13 Å². The van der Waals surface area contributed by atoms with Crippen LogP contribution in [0.15, 0.2) is 58.3 Å². The van der Waals surface area contributed by atoms with E-state index in [1.165, 1.54) is 11.3 Å². The van der Waals surface area contributed by atoms with Gasteiger partial charge in [-0.1, -0.05) is 24.3 Å². The van der Waals surface area contributed by atoms with Crippen LogP contribution in [0.3, 0.4) is 0 Å². The Kier molecular flexibility index (Phi) is 4.52. The molecule has 2 aromatic heterocycles. The zero-order valence-corrected chi connectivity index (χ0v) is 17.1. The van der Waals surface area contributed by atoms with Gasteiger partial charge in [0.1, 0.15) is 12.2 Å². The summed E-state index contributed by atoms with van der Waals surface area (Å²) in [7, 11) is 1.57. The molecule has 154 valence electrons. The summed E-state index contributed by atoms with van der Waals surface area (Å²) in [5.74, 6) is -0.315. The zero-order valence-electron chi connectivity index (χ0n) is 16.2. The Balaban J connectivity index is 1.31. The fourth-order valence-electron chi connectivity index (χ4n) is 3.45. The molecule has 5 rings (SSSR count). The monoisotopic (exact) mass is 433 g/mol. The first kappa shape index (κ1) is 19.0. The van der Waals surface area contributed by atoms with Gasteiger partial charge < -0.3 is 14.5 Å². The lowest BCUT2D eigenvalue weighted by molar-refractivity contribution is -0.116. The minimum atomic E-state index is -0.512. The van der Waals surface area contributed by atoms with E-state index in [9.17, 15) is 14.4 Å². The summed E-state index contributed by atoms with van der Waals surface area (Å²) in [6.45, 7) is -0.386. The Labute approximate surface area is 180 Å². The lowest BCUT2D eigenvalue weighted by Gasteiger charge is -2.12. The number of hydrogen-bond acceptors (Lipinski definition) is 7. The summed E-state index contributed by atoms with van der Waals surface area (Å²) in [5.41, 5.74) is 1.78. The predicted molar refractivity (Wildman–Crippen MR) is 114 cm³/mol. The van der Waals surface area contributed by atoms with Crippen molar-refractivity contribution in [1.29, 1.82) is 0 Å². The second-order valence-electron chi connectivity index (χ2n) is 6.82. The molecule has 1 aliphatic rings. The molecular formula is C22H15N3O5S. The number of carbonyl (C=O) groups is 3. The molecule has 0 saturated carbocycles. The van der Waals surface area contributed by atoms with Crippen LogP contribution < -0.4 is 10.1 Å². The van der Waals surface area contributed by atoms with Gasteiger partial charge in [0, 0.05) is 10.8 Å². The molecule has 8 nitrogen and oxygen atoms in total. The van der Waals surface area contributed by atoms with Gasteiger partial charge in [-0.3, -0.25) is 19.3 Å². The first-order valence-corrected chi connectivity index (χ1v) is 10.2. The number of amides is 3. The molecule has 9 heteroatoms. The van der Waals surface area contributed by atoms with E-state index in [1.54, 1.807) is 36.8 Å². The van der Waals surface area contributed by atoms with Crippen molar-refractivity contribution in [3.63, 3.8) is 0 Å². The molecule has 0 aliphatic carbocycles. The fraction of sp³-hybridized carbons (Fsp3) is 0.0909. The number of ether oxygens (including phenoxy) is 1. The van der Waals surface area contributed by atoms with Crippen LogP contribution in [-0.2, 0) is 4.79 Å². The number of rotatable bonds is 5. The van der Waals surface area contributed by atoms with Crippen LogP contribution in [0.2, 0.25) is 0 Å². The largest absolute Gasteiger partial charge is 0.493 e. The van der Waals surface area contributed by atoms with Gasteiger partial charge >= 0.3 is 0 Å². The number of para-hydroxylation sites is 1. The molecule has 0 unspecified atom stereocenters. The van der Waals surface area contributed by atoms with Crippen molar-refractivity contribution in [3.05, 3.63) is 65.0 Å². The minimum Gasteiger partial charge on any atom is -0.493 e. The highest BCUT2D eigenvalue weighted by Gasteiger charge is 2.36. The Hall–Kier alpha value is -3.98. The summed E-state index contributed by atoms with van der Waals surface area (Å²) in [6.07, 6.45) is 0. The molecule has 0 bridgehead atoms. The summed E-state index contributed by atoms with van der Waals surface area (Å²) in [6, 6.07) is 13.9. The Morgan fingerprint density at radius 2 is 1.87 bits per heavy atom. The Morgan fingerprint density at radius 1 is 1.13 bits per heavy atom. The Bertz CT molecular complexity index is 1320.